The lowest BCUT2D eigenvalue weighted by Gasteiger charge is -2.10. The molecular formula is C36H76P+. The first-order valence-corrected chi connectivity index (χ1v) is 21.2. The minimum absolute atomic E-state index is 0.518. The van der Waals surface area contributed by atoms with Crippen molar-refractivity contribution in [3.05, 3.63) is 0 Å². The monoisotopic (exact) mass is 540 g/mol. The molecule has 0 aromatic carbocycles. The fourth-order valence-corrected chi connectivity index (χ4v) is 6.96. The van der Waals surface area contributed by atoms with E-state index in [4.69, 9.17) is 0 Å². The Labute approximate surface area is 239 Å². The maximum atomic E-state index is 2.48. The van der Waals surface area contributed by atoms with Gasteiger partial charge in [-0.1, -0.05) is 193 Å². The summed E-state index contributed by atoms with van der Waals surface area (Å²) in [7, 11) is -0.518. The van der Waals surface area contributed by atoms with E-state index in [9.17, 15) is 0 Å². The van der Waals surface area contributed by atoms with E-state index in [0.29, 0.717) is 0 Å². The van der Waals surface area contributed by atoms with Crippen LogP contribution in [0.5, 0.6) is 0 Å². The molecule has 0 N–H and O–H groups in total. The predicted molar refractivity (Wildman–Crippen MR) is 178 cm³/mol. The van der Waals surface area contributed by atoms with Crippen LogP contribution in [0, 0.1) is 0 Å². The van der Waals surface area contributed by atoms with Gasteiger partial charge in [0.25, 0.3) is 0 Å². The molecule has 0 amide bonds. The van der Waals surface area contributed by atoms with E-state index in [0.717, 1.165) is 0 Å². The third kappa shape index (κ3) is 36.4. The zero-order chi connectivity index (χ0) is 27.1. The maximum Gasteiger partial charge on any atom is 0.0586 e. The molecule has 0 nitrogen and oxygen atoms in total. The Kier molecular flexibility index (Phi) is 31.3. The van der Waals surface area contributed by atoms with Crippen molar-refractivity contribution < 1.29 is 0 Å². The molecule has 0 saturated carbocycles. The second-order valence-corrected chi connectivity index (χ2v) is 18.6. The number of hydrogen-bond acceptors (Lipinski definition) is 0. The van der Waals surface area contributed by atoms with Crippen LogP contribution in [0.4, 0.5) is 0 Å². The van der Waals surface area contributed by atoms with E-state index < -0.39 is 7.26 Å². The summed E-state index contributed by atoms with van der Waals surface area (Å²) in [6.07, 6.45) is 47.6. The zero-order valence-corrected chi connectivity index (χ0v) is 28.0. The van der Waals surface area contributed by atoms with Crippen molar-refractivity contribution in [3.8, 4) is 0 Å². The normalized spacial score (nSPS) is 12.0. The van der Waals surface area contributed by atoms with E-state index in [1.54, 1.807) is 0 Å². The van der Waals surface area contributed by atoms with Gasteiger partial charge in [0, 0.05) is 27.3 Å². The molecule has 0 aromatic rings. The summed E-state index contributed by atoms with van der Waals surface area (Å²) in [6.45, 7) is 9.75. The van der Waals surface area contributed by atoms with E-state index in [1.165, 1.54) is 205 Å². The fourth-order valence-electron chi connectivity index (χ4n) is 5.79. The largest absolute Gasteiger partial charge is 0.0654 e. The fraction of sp³-hybridized carbons (Fsp3) is 1.00. The summed E-state index contributed by atoms with van der Waals surface area (Å²) in [4.78, 5) is 0. The highest BCUT2D eigenvalue weighted by atomic mass is 31.2. The molecule has 37 heavy (non-hydrogen) atoms. The Balaban J connectivity index is 3.04. The number of unbranched alkanes of at least 4 members (excludes halogenated alkanes) is 30. The highest BCUT2D eigenvalue weighted by Gasteiger charge is 2.15. The number of rotatable bonds is 32. The molecule has 0 radical (unpaired) electrons. The minimum atomic E-state index is -0.518. The van der Waals surface area contributed by atoms with Gasteiger partial charge in [0.2, 0.25) is 0 Å². The van der Waals surface area contributed by atoms with E-state index >= 15 is 0 Å². The Morgan fingerprint density at radius 3 is 0.568 bits per heavy atom. The molecule has 0 bridgehead atoms. The Hall–Kier alpha value is 0.430. The first-order valence-electron chi connectivity index (χ1n) is 17.9. The van der Waals surface area contributed by atoms with Crippen molar-refractivity contribution in [2.45, 2.75) is 206 Å². The van der Waals surface area contributed by atoms with Gasteiger partial charge < -0.3 is 0 Å². The molecule has 224 valence electrons. The third-order valence-electron chi connectivity index (χ3n) is 8.43. The first kappa shape index (κ1) is 37.4. The van der Waals surface area contributed by atoms with Gasteiger partial charge in [-0.2, -0.15) is 0 Å². The van der Waals surface area contributed by atoms with E-state index in [-0.39, 0.29) is 0 Å². The first-order chi connectivity index (χ1) is 18.1. The molecular weight excluding hydrogens is 463 g/mol. The van der Waals surface area contributed by atoms with Crippen LogP contribution in [-0.4, -0.2) is 26.2 Å². The van der Waals surface area contributed by atoms with Gasteiger partial charge in [-0.15, -0.1) is 0 Å². The predicted octanol–water partition coefficient (Wildman–Crippen LogP) is 14.0. The second-order valence-electron chi connectivity index (χ2n) is 13.6. The highest BCUT2D eigenvalue weighted by Crippen LogP contribution is 2.47. The molecule has 0 heterocycles. The van der Waals surface area contributed by atoms with E-state index in [1.807, 2.05) is 0 Å². The molecule has 0 spiro atoms. The summed E-state index contributed by atoms with van der Waals surface area (Å²) in [6, 6.07) is 0. The molecule has 0 aliphatic heterocycles. The van der Waals surface area contributed by atoms with Gasteiger partial charge in [0.05, 0.1) is 6.16 Å². The third-order valence-corrected chi connectivity index (χ3v) is 10.1. The van der Waals surface area contributed by atoms with Gasteiger partial charge in [-0.3, -0.25) is 0 Å². The van der Waals surface area contributed by atoms with E-state index in [2.05, 4.69) is 26.9 Å². The van der Waals surface area contributed by atoms with Gasteiger partial charge in [0.15, 0.2) is 0 Å². The van der Waals surface area contributed by atoms with Crippen molar-refractivity contribution in [1.82, 2.24) is 0 Å². The van der Waals surface area contributed by atoms with Crippen LogP contribution in [0.3, 0.4) is 0 Å². The lowest BCUT2D eigenvalue weighted by atomic mass is 10.0. The molecule has 0 atom stereocenters. The summed E-state index contributed by atoms with van der Waals surface area (Å²) in [5.41, 5.74) is 0. The van der Waals surface area contributed by atoms with Crippen molar-refractivity contribution in [3.63, 3.8) is 0 Å². The highest BCUT2D eigenvalue weighted by molar-refractivity contribution is 7.73. The van der Waals surface area contributed by atoms with Crippen molar-refractivity contribution in [2.24, 2.45) is 0 Å². The molecule has 0 fully saturated rings. The molecule has 0 saturated heterocycles. The van der Waals surface area contributed by atoms with Crippen LogP contribution < -0.4 is 0 Å². The Morgan fingerprint density at radius 1 is 0.243 bits per heavy atom. The Bertz CT molecular complexity index is 396. The SMILES string of the molecule is CCCCCCCCCCCCCCCCCCCCCCCCCCCCCCCCC[P+](C)(C)C. The average molecular weight is 540 g/mol. The maximum absolute atomic E-state index is 2.48. The average Bonchev–Trinajstić information content (AvgIpc) is 2.86. The zero-order valence-electron chi connectivity index (χ0n) is 27.1. The van der Waals surface area contributed by atoms with Crippen LogP contribution in [0.2, 0.25) is 0 Å². The lowest BCUT2D eigenvalue weighted by Crippen LogP contribution is -1.93. The lowest BCUT2D eigenvalue weighted by molar-refractivity contribution is 0.513. The van der Waals surface area contributed by atoms with Crippen LogP contribution in [-0.2, 0) is 0 Å². The summed E-state index contributed by atoms with van der Waals surface area (Å²) >= 11 is 0. The van der Waals surface area contributed by atoms with Crippen LogP contribution in [0.15, 0.2) is 0 Å². The quantitative estimate of drug-likeness (QED) is 0.0589. The molecule has 0 aliphatic rings. The minimum Gasteiger partial charge on any atom is -0.0654 e. The van der Waals surface area contributed by atoms with Crippen molar-refractivity contribution in [1.29, 1.82) is 0 Å². The Morgan fingerprint density at radius 2 is 0.405 bits per heavy atom. The van der Waals surface area contributed by atoms with Gasteiger partial charge >= 0.3 is 0 Å². The number of hydrogen-bond donors (Lipinski definition) is 0. The second kappa shape index (κ2) is 31.0. The molecule has 0 aromatic heterocycles. The topological polar surface area (TPSA) is 0 Å². The van der Waals surface area contributed by atoms with Crippen molar-refractivity contribution >= 4 is 7.26 Å². The standard InChI is InChI=1S/C36H76P/c1-5-6-7-8-9-10-11-12-13-14-15-16-17-18-19-20-21-22-23-24-25-26-27-28-29-30-31-32-33-34-35-36-37(2,3)4/h5-36H2,1-4H3/q+1. The summed E-state index contributed by atoms with van der Waals surface area (Å²) < 4.78 is 0. The molecule has 1 heteroatoms. The van der Waals surface area contributed by atoms with Crippen molar-refractivity contribution in [2.75, 3.05) is 26.2 Å². The molecule has 0 rings (SSSR count). The van der Waals surface area contributed by atoms with Gasteiger partial charge in [-0.25, -0.2) is 0 Å². The molecule has 0 aliphatic carbocycles. The summed E-state index contributed by atoms with van der Waals surface area (Å²) in [5, 5.41) is 0. The van der Waals surface area contributed by atoms with Gasteiger partial charge in [0.1, 0.15) is 0 Å². The van der Waals surface area contributed by atoms with Crippen LogP contribution in [0.1, 0.15) is 206 Å². The molecule has 0 unspecified atom stereocenters. The van der Waals surface area contributed by atoms with Crippen LogP contribution >= 0.6 is 7.26 Å². The van der Waals surface area contributed by atoms with Crippen LogP contribution in [0.25, 0.3) is 0 Å². The van der Waals surface area contributed by atoms with Gasteiger partial charge in [-0.05, 0) is 12.8 Å². The smallest absolute Gasteiger partial charge is 0.0586 e. The summed E-state index contributed by atoms with van der Waals surface area (Å²) in [5.74, 6) is 0.